The zero-order valence-electron chi connectivity index (χ0n) is 15.2. The molecule has 1 aromatic heterocycles. The van der Waals surface area contributed by atoms with Crippen LogP contribution in [0.1, 0.15) is 32.1 Å². The average Bonchev–Trinajstić information content (AvgIpc) is 3.08. The van der Waals surface area contributed by atoms with Gasteiger partial charge in [0.2, 0.25) is 0 Å². The smallest absolute Gasteiger partial charge is 0.274 e. The van der Waals surface area contributed by atoms with Crippen molar-refractivity contribution in [3.63, 3.8) is 0 Å². The Labute approximate surface area is 166 Å². The van der Waals surface area contributed by atoms with Gasteiger partial charge in [0.1, 0.15) is 11.5 Å². The molecule has 4 rings (SSSR count). The van der Waals surface area contributed by atoms with Crippen molar-refractivity contribution in [1.82, 2.24) is 9.88 Å². The predicted molar refractivity (Wildman–Crippen MR) is 106 cm³/mol. The first kappa shape index (κ1) is 18.1. The summed E-state index contributed by atoms with van der Waals surface area (Å²) in [6.45, 7) is 3.06. The van der Waals surface area contributed by atoms with Gasteiger partial charge in [-0.05, 0) is 42.7 Å². The van der Waals surface area contributed by atoms with Gasteiger partial charge in [-0.3, -0.25) is 4.79 Å². The fourth-order valence-electron chi connectivity index (χ4n) is 3.27. The Morgan fingerprint density at radius 3 is 2.82 bits per heavy atom. The normalized spacial score (nSPS) is 13.0. The molecule has 1 aliphatic rings. The van der Waals surface area contributed by atoms with Crippen molar-refractivity contribution in [3.8, 4) is 6.07 Å². The number of nitrogens with one attached hydrogen (secondary N) is 1. The molecule has 7 heteroatoms. The van der Waals surface area contributed by atoms with E-state index in [1.165, 1.54) is 35.1 Å². The Balaban J connectivity index is 1.53. The van der Waals surface area contributed by atoms with E-state index in [0.29, 0.717) is 23.9 Å². The van der Waals surface area contributed by atoms with Crippen molar-refractivity contribution in [2.75, 3.05) is 11.9 Å². The van der Waals surface area contributed by atoms with Crippen molar-refractivity contribution in [3.05, 3.63) is 75.5 Å². The van der Waals surface area contributed by atoms with Gasteiger partial charge in [0, 0.05) is 18.0 Å². The highest BCUT2D eigenvalue weighted by molar-refractivity contribution is 7.15. The van der Waals surface area contributed by atoms with Gasteiger partial charge in [0.25, 0.3) is 5.91 Å². The number of thiazole rings is 1. The Morgan fingerprint density at radius 2 is 2.07 bits per heavy atom. The van der Waals surface area contributed by atoms with Gasteiger partial charge in [-0.25, -0.2) is 9.37 Å². The zero-order chi connectivity index (χ0) is 19.7. The standard InChI is InChI=1S/C21H17FN4OS/c1-13-19(20(27)26-9-8-15-4-2-3-5-16(15)12-26)25-21(28-13)24-18-7-6-14(11-23)10-17(18)22/h2-7,10H,8-9,12H2,1H3,(H,24,25). The quantitative estimate of drug-likeness (QED) is 0.717. The Bertz CT molecular complexity index is 1100. The van der Waals surface area contributed by atoms with Gasteiger partial charge < -0.3 is 10.2 Å². The molecule has 2 heterocycles. The van der Waals surface area contributed by atoms with Crippen LogP contribution in [0.4, 0.5) is 15.2 Å². The molecule has 140 valence electrons. The highest BCUT2D eigenvalue weighted by atomic mass is 32.1. The molecule has 0 saturated heterocycles. The fraction of sp³-hybridized carbons (Fsp3) is 0.190. The van der Waals surface area contributed by atoms with Gasteiger partial charge in [0.05, 0.1) is 17.3 Å². The third-order valence-electron chi connectivity index (χ3n) is 4.76. The van der Waals surface area contributed by atoms with Crippen molar-refractivity contribution in [1.29, 1.82) is 5.26 Å². The van der Waals surface area contributed by atoms with Crippen molar-refractivity contribution >= 4 is 28.1 Å². The lowest BCUT2D eigenvalue weighted by atomic mass is 10.00. The molecule has 0 aliphatic carbocycles. The van der Waals surface area contributed by atoms with Crippen LogP contribution in [0.3, 0.4) is 0 Å². The Hall–Kier alpha value is -3.24. The summed E-state index contributed by atoms with van der Waals surface area (Å²) < 4.78 is 14.1. The number of aromatic nitrogens is 1. The van der Waals surface area contributed by atoms with E-state index in [4.69, 9.17) is 5.26 Å². The van der Waals surface area contributed by atoms with E-state index in [1.807, 2.05) is 31.2 Å². The van der Waals surface area contributed by atoms with Gasteiger partial charge in [-0.2, -0.15) is 5.26 Å². The number of amides is 1. The minimum absolute atomic E-state index is 0.114. The van der Waals surface area contributed by atoms with Crippen LogP contribution in [0, 0.1) is 24.1 Å². The summed E-state index contributed by atoms with van der Waals surface area (Å²) >= 11 is 1.30. The Kier molecular flexibility index (Phi) is 4.80. The molecule has 1 aliphatic heterocycles. The molecule has 1 amide bonds. The number of hydrogen-bond donors (Lipinski definition) is 1. The number of halogens is 1. The van der Waals surface area contributed by atoms with E-state index < -0.39 is 5.82 Å². The van der Waals surface area contributed by atoms with Gasteiger partial charge in [0.15, 0.2) is 5.13 Å². The molecular formula is C21H17FN4OS. The van der Waals surface area contributed by atoms with Gasteiger partial charge >= 0.3 is 0 Å². The summed E-state index contributed by atoms with van der Waals surface area (Å²) in [6.07, 6.45) is 0.826. The first-order chi connectivity index (χ1) is 13.5. The van der Waals surface area contributed by atoms with Crippen LogP contribution < -0.4 is 5.32 Å². The molecule has 0 atom stereocenters. The summed E-state index contributed by atoms with van der Waals surface area (Å²) in [6, 6.07) is 14.2. The lowest BCUT2D eigenvalue weighted by Crippen LogP contribution is -2.36. The second kappa shape index (κ2) is 7.41. The van der Waals surface area contributed by atoms with Crippen LogP contribution >= 0.6 is 11.3 Å². The molecule has 1 N–H and O–H groups in total. The Morgan fingerprint density at radius 1 is 1.29 bits per heavy atom. The van der Waals surface area contributed by atoms with Crippen molar-refractivity contribution < 1.29 is 9.18 Å². The highest BCUT2D eigenvalue weighted by Crippen LogP contribution is 2.29. The minimum atomic E-state index is -0.535. The molecule has 0 unspecified atom stereocenters. The summed E-state index contributed by atoms with van der Waals surface area (Å²) in [4.78, 5) is 20.0. The first-order valence-electron chi connectivity index (χ1n) is 8.85. The minimum Gasteiger partial charge on any atom is -0.333 e. The summed E-state index contributed by atoms with van der Waals surface area (Å²) in [5.41, 5.74) is 3.30. The average molecular weight is 392 g/mol. The van der Waals surface area contributed by atoms with E-state index in [9.17, 15) is 9.18 Å². The summed E-state index contributed by atoms with van der Waals surface area (Å²) in [7, 11) is 0. The van der Waals surface area contributed by atoms with Crippen LogP contribution in [0.5, 0.6) is 0 Å². The maximum Gasteiger partial charge on any atom is 0.274 e. The van der Waals surface area contributed by atoms with E-state index >= 15 is 0 Å². The molecule has 5 nitrogen and oxygen atoms in total. The van der Waals surface area contributed by atoms with E-state index in [-0.39, 0.29) is 17.2 Å². The topological polar surface area (TPSA) is 69.0 Å². The van der Waals surface area contributed by atoms with Gasteiger partial charge in [-0.1, -0.05) is 24.3 Å². The summed E-state index contributed by atoms with van der Waals surface area (Å²) in [5.74, 6) is -0.649. The number of carbonyl (C=O) groups is 1. The molecule has 0 radical (unpaired) electrons. The maximum atomic E-state index is 14.1. The second-order valence-electron chi connectivity index (χ2n) is 6.60. The van der Waals surface area contributed by atoms with Crippen LogP contribution in [0.15, 0.2) is 42.5 Å². The molecular weight excluding hydrogens is 375 g/mol. The number of hydrogen-bond acceptors (Lipinski definition) is 5. The molecule has 2 aromatic carbocycles. The number of aryl methyl sites for hydroxylation is 1. The predicted octanol–water partition coefficient (Wildman–Crippen LogP) is 4.40. The largest absolute Gasteiger partial charge is 0.333 e. The van der Waals surface area contributed by atoms with Crippen molar-refractivity contribution in [2.45, 2.75) is 19.9 Å². The van der Waals surface area contributed by atoms with Crippen molar-refractivity contribution in [2.24, 2.45) is 0 Å². The SMILES string of the molecule is Cc1sc(Nc2ccc(C#N)cc2F)nc1C(=O)N1CCc2ccccc2C1. The third-order valence-corrected chi connectivity index (χ3v) is 5.64. The highest BCUT2D eigenvalue weighted by Gasteiger charge is 2.25. The number of fused-ring (bicyclic) bond motifs is 1. The van der Waals surface area contributed by atoms with E-state index in [2.05, 4.69) is 16.4 Å². The number of benzene rings is 2. The second-order valence-corrected chi connectivity index (χ2v) is 7.80. The first-order valence-corrected chi connectivity index (χ1v) is 9.67. The lowest BCUT2D eigenvalue weighted by molar-refractivity contribution is 0.0729. The maximum absolute atomic E-state index is 14.1. The summed E-state index contributed by atoms with van der Waals surface area (Å²) in [5, 5.41) is 12.2. The lowest BCUT2D eigenvalue weighted by Gasteiger charge is -2.28. The number of nitriles is 1. The molecule has 0 fully saturated rings. The van der Waals surface area contributed by atoms with Crippen LogP contribution in [0.2, 0.25) is 0 Å². The molecule has 0 bridgehead atoms. The van der Waals surface area contributed by atoms with E-state index in [0.717, 1.165) is 16.9 Å². The number of anilines is 2. The number of carbonyl (C=O) groups excluding carboxylic acids is 1. The van der Waals surface area contributed by atoms with Crippen LogP contribution in [0.25, 0.3) is 0 Å². The third kappa shape index (κ3) is 3.47. The monoisotopic (exact) mass is 392 g/mol. The molecule has 0 saturated carbocycles. The van der Waals surface area contributed by atoms with E-state index in [1.54, 1.807) is 4.90 Å². The fourth-order valence-corrected chi connectivity index (χ4v) is 4.09. The van der Waals surface area contributed by atoms with Crippen LogP contribution in [-0.2, 0) is 13.0 Å². The van der Waals surface area contributed by atoms with Crippen LogP contribution in [-0.4, -0.2) is 22.3 Å². The molecule has 0 spiro atoms. The number of nitrogens with zero attached hydrogens (tertiary/aromatic N) is 3. The van der Waals surface area contributed by atoms with Gasteiger partial charge in [-0.15, -0.1) is 11.3 Å². The zero-order valence-corrected chi connectivity index (χ0v) is 16.0. The molecule has 28 heavy (non-hydrogen) atoms. The molecule has 3 aromatic rings. The number of rotatable bonds is 3.